The maximum Gasteiger partial charge on any atom is 0.0285 e. The van der Waals surface area contributed by atoms with Crippen molar-refractivity contribution in [2.75, 3.05) is 13.6 Å². The van der Waals surface area contributed by atoms with Gasteiger partial charge in [0.05, 0.1) is 0 Å². The van der Waals surface area contributed by atoms with Gasteiger partial charge in [-0.15, -0.1) is 11.3 Å². The average Bonchev–Trinajstić information content (AvgIpc) is 2.76. The van der Waals surface area contributed by atoms with Crippen LogP contribution in [0.4, 0.5) is 0 Å². The van der Waals surface area contributed by atoms with Crippen molar-refractivity contribution in [2.24, 2.45) is 5.92 Å². The predicted molar refractivity (Wildman–Crippen MR) is 83.3 cm³/mol. The van der Waals surface area contributed by atoms with Crippen LogP contribution >= 0.6 is 27.3 Å². The summed E-state index contributed by atoms with van der Waals surface area (Å²) in [7, 11) is 2.03. The molecule has 0 saturated carbocycles. The summed E-state index contributed by atoms with van der Waals surface area (Å²) < 4.78 is 1.20. The molecule has 18 heavy (non-hydrogen) atoms. The van der Waals surface area contributed by atoms with Crippen LogP contribution in [0, 0.1) is 5.92 Å². The van der Waals surface area contributed by atoms with Gasteiger partial charge in [-0.3, -0.25) is 0 Å². The highest BCUT2D eigenvalue weighted by atomic mass is 79.9. The summed E-state index contributed by atoms with van der Waals surface area (Å²) in [5.74, 6) is 0.656. The zero-order valence-electron chi connectivity index (χ0n) is 10.5. The molecule has 2 rings (SSSR count). The second-order valence-electron chi connectivity index (χ2n) is 4.55. The summed E-state index contributed by atoms with van der Waals surface area (Å²) in [5.41, 5.74) is 1.42. The Bertz CT molecular complexity index is 466. The zero-order valence-corrected chi connectivity index (χ0v) is 12.9. The van der Waals surface area contributed by atoms with Crippen LogP contribution in [-0.2, 0) is 12.8 Å². The third-order valence-electron chi connectivity index (χ3n) is 2.97. The quantitative estimate of drug-likeness (QED) is 0.842. The SMILES string of the molecule is CNCC(Cc1ccccc1)Cc1cc(Br)cs1. The maximum absolute atomic E-state index is 3.52. The molecule has 1 N–H and O–H groups in total. The Morgan fingerprint density at radius 2 is 2.00 bits per heavy atom. The molecule has 0 spiro atoms. The van der Waals surface area contributed by atoms with Gasteiger partial charge < -0.3 is 5.32 Å². The molecular formula is C15H18BrNS. The Morgan fingerprint density at radius 1 is 1.22 bits per heavy atom. The number of halogens is 1. The minimum absolute atomic E-state index is 0.656. The number of nitrogens with one attached hydrogen (secondary N) is 1. The third-order valence-corrected chi connectivity index (χ3v) is 4.69. The molecule has 1 nitrogen and oxygen atoms in total. The third kappa shape index (κ3) is 4.23. The average molecular weight is 324 g/mol. The Hall–Kier alpha value is -0.640. The standard InChI is InChI=1S/C15H18BrNS/c1-17-10-13(7-12-5-3-2-4-6-12)8-15-9-14(16)11-18-15/h2-6,9,11,13,17H,7-8,10H2,1H3. The first-order valence-electron chi connectivity index (χ1n) is 6.19. The fraction of sp³-hybridized carbons (Fsp3) is 0.333. The van der Waals surface area contributed by atoms with Gasteiger partial charge in [0.15, 0.2) is 0 Å². The molecule has 1 aromatic carbocycles. The van der Waals surface area contributed by atoms with Crippen molar-refractivity contribution in [1.82, 2.24) is 5.32 Å². The minimum atomic E-state index is 0.656. The number of hydrogen-bond donors (Lipinski definition) is 1. The number of hydrogen-bond acceptors (Lipinski definition) is 2. The molecular weight excluding hydrogens is 306 g/mol. The Morgan fingerprint density at radius 3 is 2.61 bits per heavy atom. The molecule has 0 aliphatic heterocycles. The number of benzene rings is 1. The largest absolute Gasteiger partial charge is 0.319 e. The Kier molecular flexibility index (Phi) is 5.42. The molecule has 1 unspecified atom stereocenters. The number of rotatable bonds is 6. The lowest BCUT2D eigenvalue weighted by Crippen LogP contribution is -2.22. The van der Waals surface area contributed by atoms with E-state index in [9.17, 15) is 0 Å². The van der Waals surface area contributed by atoms with Crippen molar-refractivity contribution in [3.05, 3.63) is 56.7 Å². The van der Waals surface area contributed by atoms with Gasteiger partial charge in [0.2, 0.25) is 0 Å². The lowest BCUT2D eigenvalue weighted by molar-refractivity contribution is 0.496. The molecule has 0 saturated heterocycles. The van der Waals surface area contributed by atoms with Crippen LogP contribution in [0.15, 0.2) is 46.3 Å². The van der Waals surface area contributed by atoms with Crippen molar-refractivity contribution in [3.8, 4) is 0 Å². The van der Waals surface area contributed by atoms with Crippen LogP contribution in [-0.4, -0.2) is 13.6 Å². The highest BCUT2D eigenvalue weighted by molar-refractivity contribution is 9.10. The first kappa shape index (κ1) is 13.8. The molecule has 2 aromatic rings. The highest BCUT2D eigenvalue weighted by Gasteiger charge is 2.11. The molecule has 0 aliphatic rings. The van der Waals surface area contributed by atoms with E-state index >= 15 is 0 Å². The van der Waals surface area contributed by atoms with Gasteiger partial charge in [-0.05, 0) is 59.9 Å². The van der Waals surface area contributed by atoms with E-state index in [0.717, 1.165) is 19.4 Å². The molecule has 0 fully saturated rings. The van der Waals surface area contributed by atoms with Crippen LogP contribution in [0.25, 0.3) is 0 Å². The van der Waals surface area contributed by atoms with Gasteiger partial charge in [0.1, 0.15) is 0 Å². The van der Waals surface area contributed by atoms with Crippen molar-refractivity contribution in [2.45, 2.75) is 12.8 Å². The van der Waals surface area contributed by atoms with E-state index in [1.165, 1.54) is 14.9 Å². The van der Waals surface area contributed by atoms with Crippen LogP contribution in [0.2, 0.25) is 0 Å². The molecule has 1 aromatic heterocycles. The molecule has 0 bridgehead atoms. The number of thiophene rings is 1. The van der Waals surface area contributed by atoms with Crippen LogP contribution < -0.4 is 5.32 Å². The van der Waals surface area contributed by atoms with Crippen LogP contribution in [0.5, 0.6) is 0 Å². The molecule has 0 aliphatic carbocycles. The van der Waals surface area contributed by atoms with Crippen LogP contribution in [0.1, 0.15) is 10.4 Å². The molecule has 0 amide bonds. The summed E-state index contributed by atoms with van der Waals surface area (Å²) in [6.07, 6.45) is 2.28. The van der Waals surface area contributed by atoms with Gasteiger partial charge in [-0.25, -0.2) is 0 Å². The van der Waals surface area contributed by atoms with Gasteiger partial charge in [0, 0.05) is 14.7 Å². The van der Waals surface area contributed by atoms with Crippen molar-refractivity contribution < 1.29 is 0 Å². The van der Waals surface area contributed by atoms with E-state index in [1.807, 2.05) is 18.4 Å². The summed E-state index contributed by atoms with van der Waals surface area (Å²) in [5, 5.41) is 5.47. The Balaban J connectivity index is 1.99. The van der Waals surface area contributed by atoms with Gasteiger partial charge in [-0.2, -0.15) is 0 Å². The maximum atomic E-state index is 3.52. The van der Waals surface area contributed by atoms with Crippen molar-refractivity contribution in [3.63, 3.8) is 0 Å². The summed E-state index contributed by atoms with van der Waals surface area (Å²) in [6, 6.07) is 13.0. The van der Waals surface area contributed by atoms with E-state index < -0.39 is 0 Å². The molecule has 96 valence electrons. The van der Waals surface area contributed by atoms with Gasteiger partial charge in [0.25, 0.3) is 0 Å². The normalized spacial score (nSPS) is 12.6. The lowest BCUT2D eigenvalue weighted by atomic mass is 9.95. The van der Waals surface area contributed by atoms with E-state index in [1.54, 1.807) is 0 Å². The monoisotopic (exact) mass is 323 g/mol. The van der Waals surface area contributed by atoms with Gasteiger partial charge in [-0.1, -0.05) is 30.3 Å². The van der Waals surface area contributed by atoms with E-state index in [2.05, 4.69) is 63.0 Å². The predicted octanol–water partition coefficient (Wildman–Crippen LogP) is 4.13. The minimum Gasteiger partial charge on any atom is -0.319 e. The zero-order chi connectivity index (χ0) is 12.8. The summed E-state index contributed by atoms with van der Waals surface area (Å²) in [6.45, 7) is 1.06. The first-order valence-corrected chi connectivity index (χ1v) is 7.86. The second-order valence-corrected chi connectivity index (χ2v) is 6.46. The molecule has 1 atom stereocenters. The first-order chi connectivity index (χ1) is 8.78. The topological polar surface area (TPSA) is 12.0 Å². The van der Waals surface area contributed by atoms with Crippen LogP contribution in [0.3, 0.4) is 0 Å². The highest BCUT2D eigenvalue weighted by Crippen LogP contribution is 2.23. The van der Waals surface area contributed by atoms with Crippen molar-refractivity contribution in [1.29, 1.82) is 0 Å². The lowest BCUT2D eigenvalue weighted by Gasteiger charge is -2.15. The summed E-state index contributed by atoms with van der Waals surface area (Å²) >= 11 is 5.36. The molecule has 3 heteroatoms. The second kappa shape index (κ2) is 7.07. The Labute approximate surface area is 121 Å². The van der Waals surface area contributed by atoms with Crippen molar-refractivity contribution >= 4 is 27.3 Å². The van der Waals surface area contributed by atoms with E-state index in [0.29, 0.717) is 5.92 Å². The summed E-state index contributed by atoms with van der Waals surface area (Å²) in [4.78, 5) is 1.46. The van der Waals surface area contributed by atoms with Gasteiger partial charge >= 0.3 is 0 Å². The van der Waals surface area contributed by atoms with E-state index in [4.69, 9.17) is 0 Å². The smallest absolute Gasteiger partial charge is 0.0285 e. The molecule has 0 radical (unpaired) electrons. The fourth-order valence-corrected chi connectivity index (χ4v) is 3.77. The fourth-order valence-electron chi connectivity index (χ4n) is 2.20. The molecule has 1 heterocycles. The van der Waals surface area contributed by atoms with E-state index in [-0.39, 0.29) is 0 Å².